The zero-order chi connectivity index (χ0) is 17.3. The molecule has 2 heterocycles. The molecule has 1 aromatic heterocycles. The summed E-state index contributed by atoms with van der Waals surface area (Å²) in [6, 6.07) is 5.38. The van der Waals surface area contributed by atoms with Crippen LogP contribution in [0.15, 0.2) is 18.2 Å². The van der Waals surface area contributed by atoms with Crippen molar-refractivity contribution in [3.8, 4) is 0 Å². The molecule has 128 valence electrons. The van der Waals surface area contributed by atoms with E-state index in [2.05, 4.69) is 4.98 Å². The summed E-state index contributed by atoms with van der Waals surface area (Å²) in [6.07, 6.45) is -0.805. The molecule has 6 heteroatoms. The molecule has 2 aromatic rings. The Bertz CT molecular complexity index is 775. The van der Waals surface area contributed by atoms with Gasteiger partial charge in [-0.05, 0) is 44.5 Å². The molecule has 3 rings (SSSR count). The van der Waals surface area contributed by atoms with Crippen molar-refractivity contribution in [2.45, 2.75) is 26.9 Å². The van der Waals surface area contributed by atoms with E-state index in [9.17, 15) is 9.59 Å². The Morgan fingerprint density at radius 3 is 2.67 bits per heavy atom. The van der Waals surface area contributed by atoms with Crippen LogP contribution in [0.1, 0.15) is 28.5 Å². The number of rotatable bonds is 3. The van der Waals surface area contributed by atoms with Crippen LogP contribution in [0.5, 0.6) is 0 Å². The van der Waals surface area contributed by atoms with Gasteiger partial charge in [-0.3, -0.25) is 4.79 Å². The molecule has 0 unspecified atom stereocenters. The van der Waals surface area contributed by atoms with Crippen LogP contribution in [0, 0.1) is 13.8 Å². The predicted molar refractivity (Wildman–Crippen MR) is 90.0 cm³/mol. The third-order valence-electron chi connectivity index (χ3n) is 4.50. The molecule has 1 amide bonds. The number of carbonyl (C=O) groups is 2. The van der Waals surface area contributed by atoms with E-state index in [1.165, 1.54) is 0 Å². The van der Waals surface area contributed by atoms with Crippen molar-refractivity contribution >= 4 is 22.8 Å². The maximum Gasteiger partial charge on any atom is 0.338 e. The Morgan fingerprint density at radius 1 is 1.25 bits per heavy atom. The second-order valence-corrected chi connectivity index (χ2v) is 6.12. The minimum absolute atomic E-state index is 0.179. The third kappa shape index (κ3) is 3.14. The lowest BCUT2D eigenvalue weighted by molar-refractivity contribution is -0.143. The highest BCUT2D eigenvalue weighted by atomic mass is 16.5. The van der Waals surface area contributed by atoms with E-state index >= 15 is 0 Å². The minimum Gasteiger partial charge on any atom is -0.449 e. The van der Waals surface area contributed by atoms with E-state index < -0.39 is 12.1 Å². The largest absolute Gasteiger partial charge is 0.449 e. The average molecular weight is 330 g/mol. The molecule has 24 heavy (non-hydrogen) atoms. The number of ether oxygens (including phenoxy) is 2. The number of benzene rings is 1. The highest BCUT2D eigenvalue weighted by Gasteiger charge is 2.25. The van der Waals surface area contributed by atoms with E-state index in [-0.39, 0.29) is 5.91 Å². The van der Waals surface area contributed by atoms with Crippen molar-refractivity contribution in [3.63, 3.8) is 0 Å². The van der Waals surface area contributed by atoms with Gasteiger partial charge in [0.25, 0.3) is 5.91 Å². The first-order chi connectivity index (χ1) is 11.5. The fraction of sp³-hybridized carbons (Fsp3) is 0.444. The SMILES string of the molecule is Cc1[nH]c2ccc(C(=O)O[C@@H](C)C(=O)N3CCOCC3)cc2c1C. The molecular weight excluding hydrogens is 308 g/mol. The van der Waals surface area contributed by atoms with Crippen molar-refractivity contribution in [1.29, 1.82) is 0 Å². The summed E-state index contributed by atoms with van der Waals surface area (Å²) in [7, 11) is 0. The van der Waals surface area contributed by atoms with Crippen molar-refractivity contribution in [2.24, 2.45) is 0 Å². The fourth-order valence-corrected chi connectivity index (χ4v) is 2.91. The Labute approximate surface area is 140 Å². The molecule has 1 aliphatic heterocycles. The maximum atomic E-state index is 12.4. The predicted octanol–water partition coefficient (Wildman–Crippen LogP) is 2.19. The first-order valence-corrected chi connectivity index (χ1v) is 8.14. The number of fused-ring (bicyclic) bond motifs is 1. The Balaban J connectivity index is 1.72. The molecule has 1 N–H and O–H groups in total. The van der Waals surface area contributed by atoms with Crippen LogP contribution in [0.25, 0.3) is 10.9 Å². The molecule has 1 saturated heterocycles. The van der Waals surface area contributed by atoms with Crippen molar-refractivity contribution < 1.29 is 19.1 Å². The molecule has 6 nitrogen and oxygen atoms in total. The normalized spacial score (nSPS) is 16.2. The van der Waals surface area contributed by atoms with Gasteiger partial charge in [0, 0.05) is 29.7 Å². The summed E-state index contributed by atoms with van der Waals surface area (Å²) < 4.78 is 10.6. The number of aromatic nitrogens is 1. The number of esters is 1. The number of aromatic amines is 1. The van der Waals surface area contributed by atoms with Crippen molar-refractivity contribution in [2.75, 3.05) is 26.3 Å². The van der Waals surface area contributed by atoms with Gasteiger partial charge in [0.05, 0.1) is 18.8 Å². The lowest BCUT2D eigenvalue weighted by atomic mass is 10.1. The number of hydrogen-bond donors (Lipinski definition) is 1. The number of amides is 1. The topological polar surface area (TPSA) is 71.6 Å². The zero-order valence-corrected chi connectivity index (χ0v) is 14.2. The molecule has 0 radical (unpaired) electrons. The smallest absolute Gasteiger partial charge is 0.338 e. The number of nitrogens with zero attached hydrogens (tertiary/aromatic N) is 1. The van der Waals surface area contributed by atoms with E-state index in [4.69, 9.17) is 9.47 Å². The average Bonchev–Trinajstić information content (AvgIpc) is 2.88. The molecule has 0 aliphatic carbocycles. The molecule has 0 spiro atoms. The molecule has 1 fully saturated rings. The molecule has 1 aromatic carbocycles. The molecule has 1 aliphatic rings. The molecule has 1 atom stereocenters. The van der Waals surface area contributed by atoms with Crippen LogP contribution in [0.4, 0.5) is 0 Å². The highest BCUT2D eigenvalue weighted by Crippen LogP contribution is 2.23. The maximum absolute atomic E-state index is 12.4. The van der Waals surface area contributed by atoms with Gasteiger partial charge >= 0.3 is 5.97 Å². The van der Waals surface area contributed by atoms with Crippen LogP contribution in [0.3, 0.4) is 0 Å². The quantitative estimate of drug-likeness (QED) is 0.876. The minimum atomic E-state index is -0.805. The van der Waals surface area contributed by atoms with Crippen LogP contribution in [-0.4, -0.2) is 54.2 Å². The van der Waals surface area contributed by atoms with Crippen molar-refractivity contribution in [3.05, 3.63) is 35.0 Å². The second kappa shape index (κ2) is 6.65. The van der Waals surface area contributed by atoms with E-state index in [1.54, 1.807) is 17.9 Å². The van der Waals surface area contributed by atoms with Gasteiger partial charge in [-0.25, -0.2) is 4.79 Å². The van der Waals surface area contributed by atoms with Gasteiger partial charge in [0.2, 0.25) is 0 Å². The summed E-state index contributed by atoms with van der Waals surface area (Å²) in [4.78, 5) is 29.6. The van der Waals surface area contributed by atoms with Crippen LogP contribution in [0.2, 0.25) is 0 Å². The molecular formula is C18H22N2O4. The van der Waals surface area contributed by atoms with Gasteiger partial charge < -0.3 is 19.4 Å². The lowest BCUT2D eigenvalue weighted by Gasteiger charge is -2.28. The Morgan fingerprint density at radius 2 is 1.96 bits per heavy atom. The van der Waals surface area contributed by atoms with E-state index in [0.717, 1.165) is 22.2 Å². The summed E-state index contributed by atoms with van der Waals surface area (Å²) in [5, 5.41) is 0.995. The Hall–Kier alpha value is -2.34. The molecule has 0 bridgehead atoms. The van der Waals surface area contributed by atoms with Crippen LogP contribution < -0.4 is 0 Å². The molecule has 0 saturated carbocycles. The second-order valence-electron chi connectivity index (χ2n) is 6.12. The van der Waals surface area contributed by atoms with Gasteiger partial charge in [-0.1, -0.05) is 0 Å². The number of nitrogens with one attached hydrogen (secondary N) is 1. The van der Waals surface area contributed by atoms with Crippen LogP contribution in [-0.2, 0) is 14.3 Å². The number of H-pyrrole nitrogens is 1. The number of morpholine rings is 1. The summed E-state index contributed by atoms with van der Waals surface area (Å²) in [5.74, 6) is -0.661. The number of aryl methyl sites for hydroxylation is 2. The first-order valence-electron chi connectivity index (χ1n) is 8.14. The standard InChI is InChI=1S/C18H22N2O4/c1-11-12(2)19-16-5-4-14(10-15(11)16)18(22)24-13(3)17(21)20-6-8-23-9-7-20/h4-5,10,13,19H,6-9H2,1-3H3/t13-/m0/s1. The monoisotopic (exact) mass is 330 g/mol. The van der Waals surface area contributed by atoms with Gasteiger partial charge in [-0.15, -0.1) is 0 Å². The first kappa shape index (κ1) is 16.5. The number of hydrogen-bond acceptors (Lipinski definition) is 4. The lowest BCUT2D eigenvalue weighted by Crippen LogP contribution is -2.46. The zero-order valence-electron chi connectivity index (χ0n) is 14.2. The fourth-order valence-electron chi connectivity index (χ4n) is 2.91. The van der Waals surface area contributed by atoms with E-state index in [1.807, 2.05) is 26.0 Å². The van der Waals surface area contributed by atoms with Gasteiger partial charge in [0.15, 0.2) is 6.10 Å². The van der Waals surface area contributed by atoms with Crippen molar-refractivity contribution in [1.82, 2.24) is 9.88 Å². The summed E-state index contributed by atoms with van der Waals surface area (Å²) in [5.41, 5.74) is 3.62. The summed E-state index contributed by atoms with van der Waals surface area (Å²) >= 11 is 0. The van der Waals surface area contributed by atoms with Gasteiger partial charge in [-0.2, -0.15) is 0 Å². The third-order valence-corrected chi connectivity index (χ3v) is 4.50. The van der Waals surface area contributed by atoms with Crippen LogP contribution >= 0.6 is 0 Å². The Kier molecular flexibility index (Phi) is 4.57. The number of carbonyl (C=O) groups excluding carboxylic acids is 2. The van der Waals surface area contributed by atoms with Gasteiger partial charge in [0.1, 0.15) is 0 Å². The highest BCUT2D eigenvalue weighted by molar-refractivity contribution is 5.97. The van der Waals surface area contributed by atoms with E-state index in [0.29, 0.717) is 31.9 Å². The summed E-state index contributed by atoms with van der Waals surface area (Å²) in [6.45, 7) is 7.73.